The van der Waals surface area contributed by atoms with E-state index in [2.05, 4.69) is 5.32 Å². The molecule has 0 fully saturated rings. The fraction of sp³-hybridized carbons (Fsp3) is 0.250. The summed E-state index contributed by atoms with van der Waals surface area (Å²) in [6, 6.07) is 4.93. The van der Waals surface area contributed by atoms with Gasteiger partial charge in [0.2, 0.25) is 0 Å². The molecule has 1 atom stereocenters. The van der Waals surface area contributed by atoms with Crippen LogP contribution in [0.3, 0.4) is 0 Å². The fourth-order valence-electron chi connectivity index (χ4n) is 1.31. The normalized spacial score (nSPS) is 11.7. The Morgan fingerprint density at radius 3 is 2.55 bits per heavy atom. The lowest BCUT2D eigenvalue weighted by Gasteiger charge is -2.13. The predicted octanol–water partition coefficient (Wildman–Crippen LogP) is 1.34. The average Bonchev–Trinajstić information content (AvgIpc) is 2.36. The molecule has 0 heterocycles. The number of benzene rings is 1. The molecular weight excluding hydrogens is 306 g/mol. The molecule has 1 amide bonds. The van der Waals surface area contributed by atoms with E-state index in [1.54, 1.807) is 12.1 Å². The van der Waals surface area contributed by atoms with Gasteiger partial charge in [-0.15, -0.1) is 11.8 Å². The Morgan fingerprint density at radius 1 is 1.30 bits per heavy atom. The highest BCUT2D eigenvalue weighted by Crippen LogP contribution is 2.11. The highest BCUT2D eigenvalue weighted by atomic mass is 35.5. The largest absolute Gasteiger partial charge is 0.481 e. The van der Waals surface area contributed by atoms with Crippen LogP contribution in [-0.2, 0) is 9.59 Å². The minimum Gasteiger partial charge on any atom is -0.481 e. The van der Waals surface area contributed by atoms with Crippen molar-refractivity contribution in [2.75, 3.05) is 11.5 Å². The molecule has 6 nitrogen and oxygen atoms in total. The molecule has 0 aliphatic rings. The number of hydrogen-bond donors (Lipinski definition) is 3. The second kappa shape index (κ2) is 7.76. The summed E-state index contributed by atoms with van der Waals surface area (Å²) >= 11 is 6.66. The molecule has 20 heavy (non-hydrogen) atoms. The summed E-state index contributed by atoms with van der Waals surface area (Å²) < 4.78 is 0. The number of aliphatic carboxylic acids is 2. The molecular formula is C12H12ClNO5S. The molecule has 0 aromatic heterocycles. The molecule has 0 radical (unpaired) electrons. The van der Waals surface area contributed by atoms with Crippen molar-refractivity contribution in [1.29, 1.82) is 0 Å². The fourth-order valence-corrected chi connectivity index (χ4v) is 2.25. The number of hydrogen-bond acceptors (Lipinski definition) is 4. The molecule has 0 aliphatic heterocycles. The van der Waals surface area contributed by atoms with Crippen molar-refractivity contribution in [1.82, 2.24) is 5.32 Å². The van der Waals surface area contributed by atoms with Gasteiger partial charge in [-0.05, 0) is 18.2 Å². The predicted molar refractivity (Wildman–Crippen MR) is 75.3 cm³/mol. The van der Waals surface area contributed by atoms with Gasteiger partial charge in [0, 0.05) is 16.3 Å². The highest BCUT2D eigenvalue weighted by Gasteiger charge is 2.21. The number of carboxylic acids is 2. The monoisotopic (exact) mass is 317 g/mol. The molecule has 1 unspecified atom stereocenters. The molecule has 0 saturated carbocycles. The number of carboxylic acid groups (broad SMARTS) is 2. The summed E-state index contributed by atoms with van der Waals surface area (Å²) in [5.41, 5.74) is 0.243. The molecule has 0 saturated heterocycles. The lowest BCUT2D eigenvalue weighted by atomic mass is 10.2. The number of nitrogens with one attached hydrogen (secondary N) is 1. The van der Waals surface area contributed by atoms with Gasteiger partial charge in [0.05, 0.1) is 5.75 Å². The Kier molecular flexibility index (Phi) is 6.33. The lowest BCUT2D eigenvalue weighted by Crippen LogP contribution is -2.42. The van der Waals surface area contributed by atoms with Crippen LogP contribution in [0.15, 0.2) is 24.3 Å². The minimum absolute atomic E-state index is 0.0338. The summed E-state index contributed by atoms with van der Waals surface area (Å²) in [4.78, 5) is 33.2. The second-order valence-corrected chi connectivity index (χ2v) is 5.25. The summed E-state index contributed by atoms with van der Waals surface area (Å²) in [6.45, 7) is 0. The van der Waals surface area contributed by atoms with Crippen LogP contribution in [0.4, 0.5) is 0 Å². The molecule has 8 heteroatoms. The molecule has 0 spiro atoms. The van der Waals surface area contributed by atoms with Crippen LogP contribution < -0.4 is 5.32 Å². The van der Waals surface area contributed by atoms with E-state index in [9.17, 15) is 14.4 Å². The maximum atomic E-state index is 11.9. The van der Waals surface area contributed by atoms with E-state index in [-0.39, 0.29) is 17.1 Å². The van der Waals surface area contributed by atoms with E-state index in [0.717, 1.165) is 11.8 Å². The Balaban J connectivity index is 2.63. The van der Waals surface area contributed by atoms with Crippen LogP contribution in [0.25, 0.3) is 0 Å². The van der Waals surface area contributed by atoms with Crippen molar-refractivity contribution in [3.63, 3.8) is 0 Å². The van der Waals surface area contributed by atoms with E-state index < -0.39 is 23.9 Å². The zero-order valence-electron chi connectivity index (χ0n) is 10.2. The van der Waals surface area contributed by atoms with Gasteiger partial charge in [-0.1, -0.05) is 17.7 Å². The zero-order chi connectivity index (χ0) is 15.1. The van der Waals surface area contributed by atoms with Crippen molar-refractivity contribution in [2.24, 2.45) is 0 Å². The average molecular weight is 318 g/mol. The van der Waals surface area contributed by atoms with Crippen molar-refractivity contribution in [3.8, 4) is 0 Å². The molecule has 1 aromatic carbocycles. The first-order valence-electron chi connectivity index (χ1n) is 5.49. The van der Waals surface area contributed by atoms with E-state index in [1.807, 2.05) is 0 Å². The van der Waals surface area contributed by atoms with Gasteiger partial charge in [0.1, 0.15) is 6.04 Å². The summed E-state index contributed by atoms with van der Waals surface area (Å²) in [6.07, 6.45) is 0. The van der Waals surface area contributed by atoms with Gasteiger partial charge < -0.3 is 15.5 Å². The van der Waals surface area contributed by atoms with E-state index in [1.165, 1.54) is 12.1 Å². The van der Waals surface area contributed by atoms with Gasteiger partial charge in [-0.3, -0.25) is 9.59 Å². The zero-order valence-corrected chi connectivity index (χ0v) is 11.8. The number of carbonyl (C=O) groups is 3. The van der Waals surface area contributed by atoms with Crippen molar-refractivity contribution >= 4 is 41.2 Å². The van der Waals surface area contributed by atoms with Gasteiger partial charge in [0.15, 0.2) is 0 Å². The van der Waals surface area contributed by atoms with Gasteiger partial charge in [-0.25, -0.2) is 4.79 Å². The van der Waals surface area contributed by atoms with Crippen molar-refractivity contribution in [3.05, 3.63) is 34.9 Å². The van der Waals surface area contributed by atoms with Crippen LogP contribution >= 0.6 is 23.4 Å². The van der Waals surface area contributed by atoms with Gasteiger partial charge in [0.25, 0.3) is 5.91 Å². The topological polar surface area (TPSA) is 104 Å². The number of rotatable bonds is 7. The third-order valence-corrected chi connectivity index (χ3v) is 3.46. The lowest BCUT2D eigenvalue weighted by molar-refractivity contribution is -0.138. The number of amides is 1. The molecule has 3 N–H and O–H groups in total. The maximum Gasteiger partial charge on any atom is 0.327 e. The quantitative estimate of drug-likeness (QED) is 0.701. The van der Waals surface area contributed by atoms with Crippen LogP contribution in [0.1, 0.15) is 10.4 Å². The molecule has 1 rings (SSSR count). The number of thioether (sulfide) groups is 1. The second-order valence-electron chi connectivity index (χ2n) is 3.78. The minimum atomic E-state index is -1.22. The first kappa shape index (κ1) is 16.3. The first-order chi connectivity index (χ1) is 9.40. The maximum absolute atomic E-state index is 11.9. The first-order valence-corrected chi connectivity index (χ1v) is 7.02. The number of halogens is 1. The van der Waals surface area contributed by atoms with Crippen molar-refractivity contribution < 1.29 is 24.6 Å². The van der Waals surface area contributed by atoms with E-state index in [4.69, 9.17) is 21.8 Å². The Labute approximate surface area is 124 Å². The van der Waals surface area contributed by atoms with Gasteiger partial charge >= 0.3 is 11.9 Å². The third-order valence-electron chi connectivity index (χ3n) is 2.20. The molecule has 0 bridgehead atoms. The SMILES string of the molecule is O=C(O)CSCC(NC(=O)c1cccc(Cl)c1)C(=O)O. The van der Waals surface area contributed by atoms with E-state index >= 15 is 0 Å². The van der Waals surface area contributed by atoms with Crippen LogP contribution in [-0.4, -0.2) is 45.6 Å². The summed E-state index contributed by atoms with van der Waals surface area (Å²) in [7, 11) is 0. The molecule has 1 aromatic rings. The Hall–Kier alpha value is -1.73. The van der Waals surface area contributed by atoms with E-state index in [0.29, 0.717) is 5.02 Å². The highest BCUT2D eigenvalue weighted by molar-refractivity contribution is 8.00. The third kappa shape index (κ3) is 5.50. The Bertz CT molecular complexity index is 522. The molecule has 0 aliphatic carbocycles. The smallest absolute Gasteiger partial charge is 0.327 e. The Morgan fingerprint density at radius 2 is 2.00 bits per heavy atom. The van der Waals surface area contributed by atoms with Crippen LogP contribution in [0.2, 0.25) is 5.02 Å². The number of carbonyl (C=O) groups excluding carboxylic acids is 1. The molecule has 108 valence electrons. The summed E-state index contributed by atoms with van der Waals surface area (Å²) in [5.74, 6) is -3.10. The van der Waals surface area contributed by atoms with Crippen LogP contribution in [0.5, 0.6) is 0 Å². The summed E-state index contributed by atoms with van der Waals surface area (Å²) in [5, 5.41) is 20.2. The van der Waals surface area contributed by atoms with Crippen LogP contribution in [0, 0.1) is 0 Å². The van der Waals surface area contributed by atoms with Crippen molar-refractivity contribution in [2.45, 2.75) is 6.04 Å². The standard InChI is InChI=1S/C12H12ClNO5S/c13-8-3-1-2-7(4-8)11(17)14-9(12(18)19)5-20-6-10(15)16/h1-4,9H,5-6H2,(H,14,17)(H,15,16)(H,18,19). The van der Waals surface area contributed by atoms with Gasteiger partial charge in [-0.2, -0.15) is 0 Å².